The Hall–Kier alpha value is -2.08. The van der Waals surface area contributed by atoms with Crippen molar-refractivity contribution in [2.24, 2.45) is 0 Å². The summed E-state index contributed by atoms with van der Waals surface area (Å²) in [5.41, 5.74) is 1.99. The average Bonchev–Trinajstić information content (AvgIpc) is 3.17. The molecule has 0 unspecified atom stereocenters. The third-order valence-corrected chi connectivity index (χ3v) is 4.45. The second-order valence-corrected chi connectivity index (χ2v) is 6.43. The third-order valence-electron chi connectivity index (χ3n) is 3.58. The van der Waals surface area contributed by atoms with Gasteiger partial charge >= 0.3 is 0 Å². The van der Waals surface area contributed by atoms with Gasteiger partial charge in [-0.15, -0.1) is 5.10 Å². The van der Waals surface area contributed by atoms with Crippen LogP contribution in [-0.4, -0.2) is 19.9 Å². The fraction of sp³-hybridized carbons (Fsp3) is 0.312. The van der Waals surface area contributed by atoms with Crippen LogP contribution in [0.2, 0.25) is 0 Å². The largest absolute Gasteiger partial charge is 0.361 e. The van der Waals surface area contributed by atoms with E-state index in [1.807, 2.05) is 35.9 Å². The maximum atomic E-state index is 5.09. The zero-order valence-electron chi connectivity index (χ0n) is 12.3. The Kier molecular flexibility index (Phi) is 3.46. The van der Waals surface area contributed by atoms with Crippen LogP contribution in [0, 0.1) is 6.92 Å². The number of benzene rings is 1. The first kappa shape index (κ1) is 13.6. The van der Waals surface area contributed by atoms with Crippen LogP contribution in [0.4, 0.5) is 0 Å². The fourth-order valence-electron chi connectivity index (χ4n) is 2.36. The number of hydrogen-bond acceptors (Lipinski definition) is 5. The lowest BCUT2D eigenvalue weighted by atomic mass is 10.3. The summed E-state index contributed by atoms with van der Waals surface area (Å²) in [4.78, 5) is 4.73. The number of para-hydroxylation sites is 1. The molecular weight excluding hydrogens is 296 g/mol. The summed E-state index contributed by atoms with van der Waals surface area (Å²) < 4.78 is 7.07. The molecule has 3 aromatic rings. The van der Waals surface area contributed by atoms with Gasteiger partial charge in [0.15, 0.2) is 0 Å². The Morgan fingerprint density at radius 1 is 1.27 bits per heavy atom. The summed E-state index contributed by atoms with van der Waals surface area (Å²) in [5.74, 6) is 3.18. The predicted molar refractivity (Wildman–Crippen MR) is 84.1 cm³/mol. The van der Waals surface area contributed by atoms with Gasteiger partial charge in [-0.1, -0.05) is 35.1 Å². The first-order valence-electron chi connectivity index (χ1n) is 7.37. The monoisotopic (exact) mass is 312 g/mol. The van der Waals surface area contributed by atoms with Crippen molar-refractivity contribution in [3.8, 4) is 5.69 Å². The highest BCUT2D eigenvalue weighted by molar-refractivity contribution is 7.98. The second-order valence-electron chi connectivity index (χ2n) is 5.49. The quantitative estimate of drug-likeness (QED) is 0.672. The third kappa shape index (κ3) is 2.78. The number of aromatic nitrogens is 4. The number of hydrogen-bond donors (Lipinski definition) is 0. The Bertz CT molecular complexity index is 777. The zero-order chi connectivity index (χ0) is 14.9. The van der Waals surface area contributed by atoms with Crippen molar-refractivity contribution in [3.63, 3.8) is 0 Å². The van der Waals surface area contributed by atoms with Crippen molar-refractivity contribution < 1.29 is 4.52 Å². The molecule has 0 spiro atoms. The molecule has 6 heteroatoms. The first-order chi connectivity index (χ1) is 10.8. The smallest absolute Gasteiger partial charge is 0.209 e. The lowest BCUT2D eigenvalue weighted by Crippen LogP contribution is -2.01. The number of rotatable bonds is 5. The maximum Gasteiger partial charge on any atom is 0.209 e. The van der Waals surface area contributed by atoms with E-state index in [1.165, 1.54) is 12.8 Å². The molecule has 1 aliphatic rings. The van der Waals surface area contributed by atoms with Gasteiger partial charge in [0.2, 0.25) is 5.16 Å². The normalized spacial score (nSPS) is 14.4. The molecule has 2 heterocycles. The van der Waals surface area contributed by atoms with Crippen molar-refractivity contribution in [1.29, 1.82) is 0 Å². The lowest BCUT2D eigenvalue weighted by molar-refractivity contribution is 0.393. The van der Waals surface area contributed by atoms with E-state index in [4.69, 9.17) is 9.51 Å². The molecular formula is C16H16N4OS. The van der Waals surface area contributed by atoms with E-state index in [2.05, 4.69) is 22.4 Å². The molecule has 2 aromatic heterocycles. The molecule has 0 N–H and O–H groups in total. The fourth-order valence-corrected chi connectivity index (χ4v) is 3.07. The van der Waals surface area contributed by atoms with Gasteiger partial charge < -0.3 is 4.52 Å². The van der Waals surface area contributed by atoms with E-state index < -0.39 is 0 Å². The molecule has 0 amide bonds. The minimum atomic E-state index is 0.552. The highest BCUT2D eigenvalue weighted by Crippen LogP contribution is 2.40. The van der Waals surface area contributed by atoms with Crippen LogP contribution < -0.4 is 0 Å². The summed E-state index contributed by atoms with van der Waals surface area (Å²) in [6.45, 7) is 1.90. The molecule has 1 aromatic carbocycles. The predicted octanol–water partition coefficient (Wildman–Crippen LogP) is 3.73. The number of thioether (sulfide) groups is 1. The van der Waals surface area contributed by atoms with E-state index >= 15 is 0 Å². The summed E-state index contributed by atoms with van der Waals surface area (Å²) in [6.07, 6.45) is 2.41. The summed E-state index contributed by atoms with van der Waals surface area (Å²) in [7, 11) is 0. The van der Waals surface area contributed by atoms with Gasteiger partial charge in [-0.3, -0.25) is 0 Å². The van der Waals surface area contributed by atoms with Crippen LogP contribution in [0.3, 0.4) is 0 Å². The van der Waals surface area contributed by atoms with Gasteiger partial charge in [0.1, 0.15) is 11.6 Å². The highest BCUT2D eigenvalue weighted by Gasteiger charge is 2.30. The Labute approximate surface area is 132 Å². The van der Waals surface area contributed by atoms with Gasteiger partial charge in [0.25, 0.3) is 0 Å². The molecule has 112 valence electrons. The molecule has 0 atom stereocenters. The highest BCUT2D eigenvalue weighted by atomic mass is 32.2. The molecule has 1 aliphatic carbocycles. The van der Waals surface area contributed by atoms with Crippen LogP contribution in [0.25, 0.3) is 5.69 Å². The van der Waals surface area contributed by atoms with Gasteiger partial charge in [-0.05, 0) is 31.9 Å². The maximum absolute atomic E-state index is 5.09. The van der Waals surface area contributed by atoms with E-state index in [-0.39, 0.29) is 0 Å². The van der Waals surface area contributed by atoms with Crippen molar-refractivity contribution in [2.45, 2.75) is 36.6 Å². The summed E-state index contributed by atoms with van der Waals surface area (Å²) in [5, 5.41) is 9.48. The molecule has 1 fully saturated rings. The van der Waals surface area contributed by atoms with E-state index in [0.29, 0.717) is 5.92 Å². The standard InChI is InChI=1S/C16H16N4OS/c1-11-9-13(19-21-11)10-22-16-17-15(12-7-8-12)20(18-16)14-5-3-2-4-6-14/h2-6,9,12H,7-8,10H2,1H3. The van der Waals surface area contributed by atoms with Crippen LogP contribution in [0.15, 0.2) is 46.1 Å². The lowest BCUT2D eigenvalue weighted by Gasteiger charge is -2.03. The van der Waals surface area contributed by atoms with Crippen molar-refractivity contribution in [3.05, 3.63) is 53.7 Å². The molecule has 5 nitrogen and oxygen atoms in total. The molecule has 1 saturated carbocycles. The minimum absolute atomic E-state index is 0.552. The number of nitrogens with zero attached hydrogens (tertiary/aromatic N) is 4. The molecule has 0 aliphatic heterocycles. The van der Waals surface area contributed by atoms with Gasteiger partial charge in [0, 0.05) is 17.7 Å². The van der Waals surface area contributed by atoms with Crippen LogP contribution in [0.1, 0.15) is 36.0 Å². The van der Waals surface area contributed by atoms with Crippen molar-refractivity contribution >= 4 is 11.8 Å². The Morgan fingerprint density at radius 3 is 2.77 bits per heavy atom. The Morgan fingerprint density at radius 2 is 2.09 bits per heavy atom. The van der Waals surface area contributed by atoms with Crippen LogP contribution >= 0.6 is 11.8 Å². The first-order valence-corrected chi connectivity index (χ1v) is 8.35. The average molecular weight is 312 g/mol. The van der Waals surface area contributed by atoms with Gasteiger partial charge in [-0.2, -0.15) is 0 Å². The molecule has 0 radical (unpaired) electrons. The molecule has 0 bridgehead atoms. The van der Waals surface area contributed by atoms with Crippen LogP contribution in [0.5, 0.6) is 0 Å². The zero-order valence-corrected chi connectivity index (χ0v) is 13.1. The van der Waals surface area contributed by atoms with Crippen LogP contribution in [-0.2, 0) is 5.75 Å². The number of aryl methyl sites for hydroxylation is 1. The summed E-state index contributed by atoms with van der Waals surface area (Å²) >= 11 is 1.60. The van der Waals surface area contributed by atoms with E-state index in [0.717, 1.165) is 33.9 Å². The Balaban J connectivity index is 1.58. The topological polar surface area (TPSA) is 56.7 Å². The van der Waals surface area contributed by atoms with Crippen molar-refractivity contribution in [1.82, 2.24) is 19.9 Å². The van der Waals surface area contributed by atoms with E-state index in [1.54, 1.807) is 11.8 Å². The molecule has 0 saturated heterocycles. The van der Waals surface area contributed by atoms with Crippen molar-refractivity contribution in [2.75, 3.05) is 0 Å². The molecule has 22 heavy (non-hydrogen) atoms. The van der Waals surface area contributed by atoms with E-state index in [9.17, 15) is 0 Å². The van der Waals surface area contributed by atoms with Gasteiger partial charge in [-0.25, -0.2) is 9.67 Å². The molecule has 4 rings (SSSR count). The summed E-state index contributed by atoms with van der Waals surface area (Å²) in [6, 6.07) is 12.1. The minimum Gasteiger partial charge on any atom is -0.361 e. The SMILES string of the molecule is Cc1cc(CSc2nc(C3CC3)n(-c3ccccc3)n2)no1. The second kappa shape index (κ2) is 5.61. The van der Waals surface area contributed by atoms with Gasteiger partial charge in [0.05, 0.1) is 11.4 Å².